The van der Waals surface area contributed by atoms with Crippen LogP contribution in [0.5, 0.6) is 0 Å². The smallest absolute Gasteiger partial charge is 0.291 e. The van der Waals surface area contributed by atoms with Crippen molar-refractivity contribution in [2.45, 2.75) is 46.5 Å². The minimum Gasteiger partial charge on any atom is -0.341 e. The monoisotopic (exact) mass is 548 g/mol. The van der Waals surface area contributed by atoms with Crippen molar-refractivity contribution in [1.29, 1.82) is 0 Å². The van der Waals surface area contributed by atoms with E-state index in [1.165, 1.54) is 35.4 Å². The summed E-state index contributed by atoms with van der Waals surface area (Å²) in [6.07, 6.45) is 8.74. The van der Waals surface area contributed by atoms with Gasteiger partial charge in [-0.05, 0) is 67.5 Å². The fraction of sp³-hybridized carbons (Fsp3) is 0.400. The van der Waals surface area contributed by atoms with Gasteiger partial charge in [0.15, 0.2) is 12.1 Å². The molecule has 8 nitrogen and oxygen atoms in total. The van der Waals surface area contributed by atoms with Crippen LogP contribution >= 0.6 is 11.3 Å². The molecule has 1 amide bonds. The summed E-state index contributed by atoms with van der Waals surface area (Å²) in [6, 6.07) is 13.5. The molecule has 0 fully saturated rings. The number of anilines is 1. The van der Waals surface area contributed by atoms with Crippen molar-refractivity contribution in [3.8, 4) is 0 Å². The lowest BCUT2D eigenvalue weighted by Gasteiger charge is -2.36. The van der Waals surface area contributed by atoms with E-state index in [4.69, 9.17) is 10.7 Å². The number of carbonyl (C=O) groups excluding carboxylic acids is 2. The number of para-hydroxylation sites is 1. The lowest BCUT2D eigenvalue weighted by molar-refractivity contribution is 0.101. The van der Waals surface area contributed by atoms with Gasteiger partial charge >= 0.3 is 0 Å². The Morgan fingerprint density at radius 3 is 2.62 bits per heavy atom. The minimum atomic E-state index is -0.235. The number of rotatable bonds is 7. The molecule has 4 aromatic rings. The molecule has 0 saturated carbocycles. The highest BCUT2D eigenvalue weighted by molar-refractivity contribution is 7.20. The number of nitrogens with zero attached hydrogens (tertiary/aromatic N) is 2. The molecule has 0 saturated heterocycles. The molecule has 1 aliphatic rings. The Morgan fingerprint density at radius 1 is 1.26 bits per heavy atom. The molecule has 39 heavy (non-hydrogen) atoms. The SMILES string of the molecule is CCC(C)(C)C1CCc2nc3sc(C=O)cc3cc2C1.CNCCN.O=C(Nc1ccccc1)c1ncc[nH]1. The van der Waals surface area contributed by atoms with Crippen LogP contribution in [0.15, 0.2) is 54.9 Å². The number of aryl methyl sites for hydroxylation is 1. The summed E-state index contributed by atoms with van der Waals surface area (Å²) in [5.74, 6) is 0.818. The Morgan fingerprint density at radius 2 is 2.03 bits per heavy atom. The number of amides is 1. The van der Waals surface area contributed by atoms with Gasteiger partial charge in [0.1, 0.15) is 4.83 Å². The number of nitrogens with one attached hydrogen (secondary N) is 3. The molecule has 3 heterocycles. The molecular weight excluding hydrogens is 508 g/mol. The third-order valence-corrected chi connectivity index (χ3v) is 8.13. The molecule has 5 rings (SSSR count). The Bertz CT molecular complexity index is 1320. The topological polar surface area (TPSA) is 126 Å². The predicted molar refractivity (Wildman–Crippen MR) is 161 cm³/mol. The van der Waals surface area contributed by atoms with Crippen molar-refractivity contribution in [3.63, 3.8) is 0 Å². The van der Waals surface area contributed by atoms with Gasteiger partial charge in [-0.1, -0.05) is 45.4 Å². The number of hydrogen-bond acceptors (Lipinski definition) is 7. The molecule has 5 N–H and O–H groups in total. The normalized spacial score (nSPS) is 14.3. The van der Waals surface area contributed by atoms with Gasteiger partial charge < -0.3 is 21.4 Å². The third kappa shape index (κ3) is 8.54. The van der Waals surface area contributed by atoms with Crippen molar-refractivity contribution in [2.75, 3.05) is 25.5 Å². The molecule has 9 heteroatoms. The zero-order chi connectivity index (χ0) is 28.3. The largest absolute Gasteiger partial charge is 0.341 e. The average molecular weight is 549 g/mol. The number of likely N-dealkylation sites (N-methyl/N-ethyl adjacent to an activating group) is 1. The number of nitrogens with two attached hydrogens (primary N) is 1. The summed E-state index contributed by atoms with van der Waals surface area (Å²) in [6.45, 7) is 8.69. The lowest BCUT2D eigenvalue weighted by Crippen LogP contribution is -2.29. The quantitative estimate of drug-likeness (QED) is 0.227. The first-order valence-electron chi connectivity index (χ1n) is 13.4. The van der Waals surface area contributed by atoms with Crippen LogP contribution in [0.25, 0.3) is 10.2 Å². The lowest BCUT2D eigenvalue weighted by atomic mass is 9.69. The summed E-state index contributed by atoms with van der Waals surface area (Å²) in [7, 11) is 1.88. The van der Waals surface area contributed by atoms with E-state index in [1.54, 1.807) is 12.4 Å². The zero-order valence-electron chi connectivity index (χ0n) is 23.3. The molecule has 1 aromatic carbocycles. The fourth-order valence-electron chi connectivity index (χ4n) is 4.40. The van der Waals surface area contributed by atoms with Crippen molar-refractivity contribution < 1.29 is 9.59 Å². The van der Waals surface area contributed by atoms with Crippen molar-refractivity contribution in [2.24, 2.45) is 17.1 Å². The van der Waals surface area contributed by atoms with Crippen LogP contribution in [-0.2, 0) is 12.8 Å². The summed E-state index contributed by atoms with van der Waals surface area (Å²) < 4.78 is 0. The number of pyridine rings is 1. The van der Waals surface area contributed by atoms with E-state index < -0.39 is 0 Å². The number of imidazole rings is 1. The Kier molecular flexibility index (Phi) is 11.3. The maximum absolute atomic E-state index is 11.5. The number of fused-ring (bicyclic) bond motifs is 2. The number of hydrogen-bond donors (Lipinski definition) is 4. The van der Waals surface area contributed by atoms with Gasteiger partial charge in [-0.3, -0.25) is 9.59 Å². The molecule has 0 aliphatic heterocycles. The average Bonchev–Trinajstić information content (AvgIpc) is 3.63. The summed E-state index contributed by atoms with van der Waals surface area (Å²) in [5.41, 5.74) is 8.88. The van der Waals surface area contributed by atoms with Gasteiger partial charge in [0.25, 0.3) is 5.91 Å². The Balaban J connectivity index is 0.000000192. The number of benzene rings is 1. The van der Waals surface area contributed by atoms with Crippen molar-refractivity contribution in [3.05, 3.63) is 76.8 Å². The Labute approximate surface area is 234 Å². The van der Waals surface area contributed by atoms with Crippen LogP contribution < -0.4 is 16.4 Å². The number of aromatic nitrogens is 3. The number of H-pyrrole nitrogens is 1. The highest BCUT2D eigenvalue weighted by Crippen LogP contribution is 2.40. The third-order valence-electron chi connectivity index (χ3n) is 7.16. The summed E-state index contributed by atoms with van der Waals surface area (Å²) in [4.78, 5) is 35.5. The first-order chi connectivity index (χ1) is 18.8. The van der Waals surface area contributed by atoms with E-state index in [9.17, 15) is 9.59 Å². The number of aldehydes is 1. The van der Waals surface area contributed by atoms with Crippen LogP contribution in [0, 0.1) is 11.3 Å². The number of aromatic amines is 1. The predicted octanol–water partition coefficient (Wildman–Crippen LogP) is 5.48. The summed E-state index contributed by atoms with van der Waals surface area (Å²) >= 11 is 1.50. The Hall–Kier alpha value is -3.40. The van der Waals surface area contributed by atoms with Crippen LogP contribution in [0.2, 0.25) is 0 Å². The molecule has 1 unspecified atom stereocenters. The van der Waals surface area contributed by atoms with E-state index in [-0.39, 0.29) is 5.91 Å². The van der Waals surface area contributed by atoms with E-state index in [0.29, 0.717) is 11.2 Å². The van der Waals surface area contributed by atoms with Crippen molar-refractivity contribution >= 4 is 39.4 Å². The van der Waals surface area contributed by atoms with E-state index in [0.717, 1.165) is 58.9 Å². The highest BCUT2D eigenvalue weighted by atomic mass is 32.1. The first-order valence-corrected chi connectivity index (χ1v) is 14.2. The van der Waals surface area contributed by atoms with Gasteiger partial charge in [-0.25, -0.2) is 9.97 Å². The van der Waals surface area contributed by atoms with E-state index >= 15 is 0 Å². The van der Waals surface area contributed by atoms with Crippen LogP contribution in [-0.4, -0.2) is 47.3 Å². The van der Waals surface area contributed by atoms with Gasteiger partial charge in [0.2, 0.25) is 0 Å². The van der Waals surface area contributed by atoms with Crippen LogP contribution in [0.4, 0.5) is 5.69 Å². The molecule has 3 aromatic heterocycles. The minimum absolute atomic E-state index is 0.235. The number of thiophene rings is 1. The maximum atomic E-state index is 11.5. The highest BCUT2D eigenvalue weighted by Gasteiger charge is 2.31. The van der Waals surface area contributed by atoms with Gasteiger partial charge in [-0.15, -0.1) is 11.3 Å². The molecule has 208 valence electrons. The first kappa shape index (κ1) is 30.1. The van der Waals surface area contributed by atoms with Crippen molar-refractivity contribution in [1.82, 2.24) is 20.3 Å². The van der Waals surface area contributed by atoms with E-state index in [2.05, 4.69) is 47.4 Å². The molecule has 0 radical (unpaired) electrons. The van der Waals surface area contributed by atoms with E-state index in [1.807, 2.05) is 43.4 Å². The molecule has 1 atom stereocenters. The van der Waals surface area contributed by atoms with Crippen LogP contribution in [0.1, 0.15) is 65.2 Å². The van der Waals surface area contributed by atoms with Gasteiger partial charge in [0, 0.05) is 42.3 Å². The molecule has 1 aliphatic carbocycles. The number of carbonyl (C=O) groups is 2. The molecule has 0 spiro atoms. The second kappa shape index (κ2) is 14.7. The maximum Gasteiger partial charge on any atom is 0.291 e. The zero-order valence-corrected chi connectivity index (χ0v) is 24.1. The fourth-order valence-corrected chi connectivity index (χ4v) is 5.25. The van der Waals surface area contributed by atoms with Gasteiger partial charge in [-0.2, -0.15) is 0 Å². The second-order valence-electron chi connectivity index (χ2n) is 10.2. The molecular formula is C30H40N6O2S. The standard InChI is InChI=1S/C17H21NOS.C10H9N3O.C3H10N2/c1-4-17(2,3)13-5-6-15-11(8-13)7-12-9-14(10-19)20-16(12)18-15;14-10(9-11-6-7-12-9)13-8-4-2-1-3-5-8;1-5-3-2-4/h7,9-10,13H,4-6,8H2,1-3H3;1-7H,(H,11,12)(H,13,14);5H,2-4H2,1H3. The summed E-state index contributed by atoms with van der Waals surface area (Å²) in [5, 5.41) is 6.73. The second-order valence-corrected chi connectivity index (χ2v) is 11.2. The van der Waals surface area contributed by atoms with Gasteiger partial charge in [0.05, 0.1) is 4.88 Å². The van der Waals surface area contributed by atoms with Crippen LogP contribution in [0.3, 0.4) is 0 Å². The molecule has 0 bridgehead atoms.